The first-order valence-corrected chi connectivity index (χ1v) is 11.6. The molecular formula is C30H34O2. The van der Waals surface area contributed by atoms with Gasteiger partial charge in [-0.15, -0.1) is 0 Å². The molecule has 4 rings (SSSR count). The van der Waals surface area contributed by atoms with Gasteiger partial charge in [0, 0.05) is 22.3 Å². The molecule has 0 amide bonds. The van der Waals surface area contributed by atoms with Crippen LogP contribution in [0.2, 0.25) is 0 Å². The third kappa shape index (κ3) is 6.50. The zero-order valence-electron chi connectivity index (χ0n) is 19.8. The van der Waals surface area contributed by atoms with Crippen LogP contribution in [-0.2, 0) is 0 Å². The topological polar surface area (TPSA) is 34.1 Å². The molecule has 1 saturated carbocycles. The van der Waals surface area contributed by atoms with Crippen molar-refractivity contribution in [3.8, 4) is 0 Å². The number of rotatable bonds is 4. The second kappa shape index (κ2) is 10.5. The van der Waals surface area contributed by atoms with Crippen LogP contribution in [0, 0.1) is 19.3 Å². The van der Waals surface area contributed by atoms with E-state index in [1.165, 1.54) is 32.1 Å². The Hall–Kier alpha value is -3.00. The van der Waals surface area contributed by atoms with E-state index in [-0.39, 0.29) is 11.6 Å². The van der Waals surface area contributed by atoms with E-state index >= 15 is 0 Å². The van der Waals surface area contributed by atoms with Gasteiger partial charge in [0.05, 0.1) is 0 Å². The molecular weight excluding hydrogens is 392 g/mol. The number of ketones is 2. The predicted octanol–water partition coefficient (Wildman–Crippen LogP) is 7.74. The molecule has 0 bridgehead atoms. The van der Waals surface area contributed by atoms with Crippen molar-refractivity contribution in [1.29, 1.82) is 0 Å². The zero-order valence-corrected chi connectivity index (χ0v) is 19.8. The van der Waals surface area contributed by atoms with Gasteiger partial charge in [-0.25, -0.2) is 0 Å². The van der Waals surface area contributed by atoms with Crippen LogP contribution in [0.1, 0.15) is 88.9 Å². The first-order valence-electron chi connectivity index (χ1n) is 11.6. The van der Waals surface area contributed by atoms with Gasteiger partial charge in [0.2, 0.25) is 0 Å². The van der Waals surface area contributed by atoms with Crippen molar-refractivity contribution in [2.45, 2.75) is 59.8 Å². The van der Waals surface area contributed by atoms with E-state index in [2.05, 4.69) is 13.8 Å². The summed E-state index contributed by atoms with van der Waals surface area (Å²) in [7, 11) is 0. The third-order valence-electron chi connectivity index (χ3n) is 6.24. The Bertz CT molecular complexity index is 955. The Labute approximate surface area is 192 Å². The van der Waals surface area contributed by atoms with Crippen molar-refractivity contribution >= 4 is 11.6 Å². The van der Waals surface area contributed by atoms with E-state index in [4.69, 9.17) is 0 Å². The van der Waals surface area contributed by atoms with Crippen molar-refractivity contribution in [3.63, 3.8) is 0 Å². The highest BCUT2D eigenvalue weighted by molar-refractivity contribution is 6.11. The minimum atomic E-state index is -0.0377. The number of carbonyl (C=O) groups is 2. The molecule has 0 spiro atoms. The summed E-state index contributed by atoms with van der Waals surface area (Å²) in [5, 5.41) is 0. The highest BCUT2D eigenvalue weighted by Gasteiger charge is 2.20. The lowest BCUT2D eigenvalue weighted by atomic mass is 9.78. The van der Waals surface area contributed by atoms with E-state index < -0.39 is 0 Å². The third-order valence-corrected chi connectivity index (χ3v) is 6.24. The molecule has 32 heavy (non-hydrogen) atoms. The summed E-state index contributed by atoms with van der Waals surface area (Å²) in [4.78, 5) is 24.9. The van der Waals surface area contributed by atoms with Gasteiger partial charge in [0.25, 0.3) is 0 Å². The summed E-state index contributed by atoms with van der Waals surface area (Å²) in [6, 6.07) is 21.8. The van der Waals surface area contributed by atoms with E-state index in [9.17, 15) is 9.59 Å². The maximum Gasteiger partial charge on any atom is 0.193 e. The summed E-state index contributed by atoms with van der Waals surface area (Å²) in [6.45, 7) is 8.73. The summed E-state index contributed by atoms with van der Waals surface area (Å²) in [5.74, 6) is -0.0753. The van der Waals surface area contributed by atoms with Gasteiger partial charge in [-0.3, -0.25) is 9.59 Å². The maximum atomic E-state index is 12.5. The monoisotopic (exact) mass is 426 g/mol. The highest BCUT2D eigenvalue weighted by atomic mass is 16.1. The highest BCUT2D eigenvalue weighted by Crippen LogP contribution is 2.34. The van der Waals surface area contributed by atoms with E-state index in [0.717, 1.165) is 11.1 Å². The fourth-order valence-corrected chi connectivity index (χ4v) is 4.03. The van der Waals surface area contributed by atoms with Gasteiger partial charge in [-0.1, -0.05) is 117 Å². The molecule has 3 aromatic carbocycles. The molecule has 0 unspecified atom stereocenters. The Morgan fingerprint density at radius 1 is 0.531 bits per heavy atom. The molecule has 0 aliphatic heterocycles. The molecule has 1 aliphatic rings. The first kappa shape index (κ1) is 23.7. The normalized spacial score (nSPS) is 14.8. The molecule has 1 fully saturated rings. The zero-order chi connectivity index (χ0) is 23.1. The molecule has 0 N–H and O–H groups in total. The Balaban J connectivity index is 0.000000305. The predicted molar refractivity (Wildman–Crippen MR) is 133 cm³/mol. The number of hydrogen-bond donors (Lipinski definition) is 0. The van der Waals surface area contributed by atoms with Gasteiger partial charge in [0.15, 0.2) is 11.6 Å². The summed E-state index contributed by atoms with van der Waals surface area (Å²) in [6.07, 6.45) is 7.31. The van der Waals surface area contributed by atoms with Crippen LogP contribution in [0.25, 0.3) is 0 Å². The smallest absolute Gasteiger partial charge is 0.193 e. The van der Waals surface area contributed by atoms with Crippen LogP contribution in [0.5, 0.6) is 0 Å². The van der Waals surface area contributed by atoms with Crippen LogP contribution in [-0.4, -0.2) is 11.6 Å². The largest absolute Gasteiger partial charge is 0.289 e. The summed E-state index contributed by atoms with van der Waals surface area (Å²) < 4.78 is 0. The quantitative estimate of drug-likeness (QED) is 0.400. The lowest BCUT2D eigenvalue weighted by molar-refractivity contribution is 0.102. The Morgan fingerprint density at radius 2 is 0.812 bits per heavy atom. The van der Waals surface area contributed by atoms with Crippen molar-refractivity contribution in [2.24, 2.45) is 5.41 Å². The van der Waals surface area contributed by atoms with E-state index in [1.54, 1.807) is 24.3 Å². The number of hydrogen-bond acceptors (Lipinski definition) is 2. The molecule has 3 aromatic rings. The minimum Gasteiger partial charge on any atom is -0.289 e. The van der Waals surface area contributed by atoms with Crippen LogP contribution >= 0.6 is 0 Å². The minimum absolute atomic E-state index is 0.0377. The van der Waals surface area contributed by atoms with Crippen molar-refractivity contribution in [1.82, 2.24) is 0 Å². The van der Waals surface area contributed by atoms with Gasteiger partial charge in [-0.05, 0) is 32.1 Å². The van der Waals surface area contributed by atoms with E-state index in [0.29, 0.717) is 27.7 Å². The Kier molecular flexibility index (Phi) is 7.80. The fourth-order valence-electron chi connectivity index (χ4n) is 4.03. The van der Waals surface area contributed by atoms with Crippen LogP contribution in [0.4, 0.5) is 0 Å². The number of aryl methyl sites for hydroxylation is 2. The fraction of sp³-hybridized carbons (Fsp3) is 0.333. The summed E-state index contributed by atoms with van der Waals surface area (Å²) in [5.41, 5.74) is 5.38. The van der Waals surface area contributed by atoms with Crippen molar-refractivity contribution in [2.75, 3.05) is 0 Å². The standard InChI is InChI=1S/C22H18O2.C8H16/c1-15-3-7-17(8-4-15)21(23)19-11-13-20(14-12-19)22(24)18-9-5-16(2)6-10-18;1-8(2)6-4-3-5-7-8/h3-14H,1-2H3;3-7H2,1-2H3. The molecule has 0 heterocycles. The number of benzene rings is 3. The molecule has 0 radical (unpaired) electrons. The second-order valence-corrected chi connectivity index (χ2v) is 9.69. The van der Waals surface area contributed by atoms with Gasteiger partial charge >= 0.3 is 0 Å². The van der Waals surface area contributed by atoms with Crippen molar-refractivity contribution in [3.05, 3.63) is 106 Å². The van der Waals surface area contributed by atoms with E-state index in [1.807, 2.05) is 62.4 Å². The van der Waals surface area contributed by atoms with Crippen molar-refractivity contribution < 1.29 is 9.59 Å². The SMILES string of the molecule is CC1(C)CCCCC1.Cc1ccc(C(=O)c2ccc(C(=O)c3ccc(C)cc3)cc2)cc1. The molecule has 2 heteroatoms. The maximum absolute atomic E-state index is 12.5. The molecule has 1 aliphatic carbocycles. The van der Waals surface area contributed by atoms with Crippen LogP contribution in [0.15, 0.2) is 72.8 Å². The molecule has 0 saturated heterocycles. The van der Waals surface area contributed by atoms with Gasteiger partial charge < -0.3 is 0 Å². The average molecular weight is 427 g/mol. The second-order valence-electron chi connectivity index (χ2n) is 9.69. The lowest BCUT2D eigenvalue weighted by Crippen LogP contribution is -2.14. The van der Waals surface area contributed by atoms with Crippen LogP contribution in [0.3, 0.4) is 0 Å². The lowest BCUT2D eigenvalue weighted by Gasteiger charge is -2.28. The Morgan fingerprint density at radius 3 is 1.06 bits per heavy atom. The number of carbonyl (C=O) groups excluding carboxylic acids is 2. The first-order chi connectivity index (χ1) is 15.2. The van der Waals surface area contributed by atoms with Crippen LogP contribution < -0.4 is 0 Å². The summed E-state index contributed by atoms with van der Waals surface area (Å²) >= 11 is 0. The van der Waals surface area contributed by atoms with Gasteiger partial charge in [0.1, 0.15) is 0 Å². The molecule has 0 aromatic heterocycles. The average Bonchev–Trinajstić information content (AvgIpc) is 2.79. The molecule has 0 atom stereocenters. The molecule has 166 valence electrons. The van der Waals surface area contributed by atoms with Gasteiger partial charge in [-0.2, -0.15) is 0 Å². The molecule has 2 nitrogen and oxygen atoms in total.